The lowest BCUT2D eigenvalue weighted by atomic mass is 9.87. The van der Waals surface area contributed by atoms with Gasteiger partial charge in [-0.3, -0.25) is 0 Å². The Bertz CT molecular complexity index is 475. The molecule has 0 unspecified atom stereocenters. The van der Waals surface area contributed by atoms with E-state index in [0.717, 1.165) is 11.1 Å². The Labute approximate surface area is 112 Å². The van der Waals surface area contributed by atoms with Gasteiger partial charge in [-0.05, 0) is 24.5 Å². The summed E-state index contributed by atoms with van der Waals surface area (Å²) in [5, 5.41) is 0.411. The van der Waals surface area contributed by atoms with E-state index >= 15 is 0 Å². The third-order valence-electron chi connectivity index (χ3n) is 3.18. The SMILES string of the molecule is C=CCC1(CC=C)OCc2c1cc(Cl)nc2OC. The second-order valence-corrected chi connectivity index (χ2v) is 4.64. The van der Waals surface area contributed by atoms with Crippen molar-refractivity contribution in [2.45, 2.75) is 25.0 Å². The molecule has 0 fully saturated rings. The van der Waals surface area contributed by atoms with Crippen LogP contribution in [0.15, 0.2) is 31.4 Å². The van der Waals surface area contributed by atoms with Crippen LogP contribution < -0.4 is 4.74 Å². The van der Waals surface area contributed by atoms with E-state index in [9.17, 15) is 0 Å². The minimum absolute atomic E-state index is 0.411. The lowest BCUT2D eigenvalue weighted by molar-refractivity contribution is -0.0337. The summed E-state index contributed by atoms with van der Waals surface area (Å²) >= 11 is 6.04. The van der Waals surface area contributed by atoms with Gasteiger partial charge in [0, 0.05) is 5.56 Å². The fourth-order valence-corrected chi connectivity index (χ4v) is 2.59. The Morgan fingerprint density at radius 3 is 2.72 bits per heavy atom. The van der Waals surface area contributed by atoms with Crippen LogP contribution >= 0.6 is 11.6 Å². The third-order valence-corrected chi connectivity index (χ3v) is 3.37. The second-order valence-electron chi connectivity index (χ2n) is 4.25. The van der Waals surface area contributed by atoms with E-state index < -0.39 is 5.60 Å². The Morgan fingerprint density at radius 1 is 1.50 bits per heavy atom. The molecule has 4 heteroatoms. The first-order valence-electron chi connectivity index (χ1n) is 5.76. The van der Waals surface area contributed by atoms with Crippen molar-refractivity contribution in [1.29, 1.82) is 0 Å². The lowest BCUT2D eigenvalue weighted by Crippen LogP contribution is -2.23. The van der Waals surface area contributed by atoms with Crippen LogP contribution in [-0.2, 0) is 16.9 Å². The number of hydrogen-bond donors (Lipinski definition) is 0. The summed E-state index contributed by atoms with van der Waals surface area (Å²) in [6, 6.07) is 1.85. The molecule has 1 aliphatic rings. The Hall–Kier alpha value is -1.32. The zero-order valence-corrected chi connectivity index (χ0v) is 11.2. The molecule has 0 saturated carbocycles. The van der Waals surface area contributed by atoms with Gasteiger partial charge in [-0.25, -0.2) is 4.98 Å². The number of pyridine rings is 1. The summed E-state index contributed by atoms with van der Waals surface area (Å²) in [6.07, 6.45) is 5.10. The molecule has 0 amide bonds. The molecular formula is C14H16ClNO2. The number of nitrogens with zero attached hydrogens (tertiary/aromatic N) is 1. The number of fused-ring (bicyclic) bond motifs is 1. The quantitative estimate of drug-likeness (QED) is 0.602. The van der Waals surface area contributed by atoms with E-state index in [1.165, 1.54) is 0 Å². The van der Waals surface area contributed by atoms with Gasteiger partial charge in [0.25, 0.3) is 0 Å². The first-order chi connectivity index (χ1) is 8.66. The summed E-state index contributed by atoms with van der Waals surface area (Å²) in [4.78, 5) is 4.16. The highest BCUT2D eigenvalue weighted by atomic mass is 35.5. The molecule has 0 N–H and O–H groups in total. The topological polar surface area (TPSA) is 31.4 Å². The molecule has 18 heavy (non-hydrogen) atoms. The first-order valence-corrected chi connectivity index (χ1v) is 6.14. The van der Waals surface area contributed by atoms with E-state index in [1.54, 1.807) is 7.11 Å². The van der Waals surface area contributed by atoms with Crippen molar-refractivity contribution in [1.82, 2.24) is 4.98 Å². The Kier molecular flexibility index (Phi) is 3.73. The number of rotatable bonds is 5. The molecule has 1 aliphatic heterocycles. The fraction of sp³-hybridized carbons (Fsp3) is 0.357. The highest BCUT2D eigenvalue weighted by Gasteiger charge is 2.40. The lowest BCUT2D eigenvalue weighted by Gasteiger charge is -2.27. The molecule has 0 aliphatic carbocycles. The summed E-state index contributed by atoms with van der Waals surface area (Å²) in [7, 11) is 1.58. The van der Waals surface area contributed by atoms with E-state index in [1.807, 2.05) is 18.2 Å². The maximum atomic E-state index is 6.04. The minimum Gasteiger partial charge on any atom is -0.481 e. The van der Waals surface area contributed by atoms with Gasteiger partial charge >= 0.3 is 0 Å². The van der Waals surface area contributed by atoms with Crippen LogP contribution in [0.1, 0.15) is 24.0 Å². The van der Waals surface area contributed by atoms with Gasteiger partial charge in [0.05, 0.1) is 13.7 Å². The molecule has 0 radical (unpaired) electrons. The van der Waals surface area contributed by atoms with Gasteiger partial charge in [0.15, 0.2) is 0 Å². The van der Waals surface area contributed by atoms with E-state index in [0.29, 0.717) is 30.5 Å². The van der Waals surface area contributed by atoms with Crippen LogP contribution in [0.4, 0.5) is 0 Å². The highest BCUT2D eigenvalue weighted by molar-refractivity contribution is 6.29. The van der Waals surface area contributed by atoms with Crippen LogP contribution in [0.2, 0.25) is 5.15 Å². The van der Waals surface area contributed by atoms with Gasteiger partial charge in [-0.15, -0.1) is 13.2 Å². The summed E-state index contributed by atoms with van der Waals surface area (Å²) < 4.78 is 11.2. The van der Waals surface area contributed by atoms with Crippen LogP contribution in [0.5, 0.6) is 5.88 Å². The number of aromatic nitrogens is 1. The zero-order valence-electron chi connectivity index (χ0n) is 10.4. The zero-order chi connectivity index (χ0) is 13.2. The molecule has 3 nitrogen and oxygen atoms in total. The van der Waals surface area contributed by atoms with Crippen LogP contribution in [0.25, 0.3) is 0 Å². The highest BCUT2D eigenvalue weighted by Crippen LogP contribution is 2.45. The molecule has 0 saturated heterocycles. The van der Waals surface area contributed by atoms with Crippen molar-refractivity contribution in [3.05, 3.63) is 47.7 Å². The van der Waals surface area contributed by atoms with E-state index in [2.05, 4.69) is 18.1 Å². The molecule has 1 aromatic heterocycles. The van der Waals surface area contributed by atoms with Crippen molar-refractivity contribution in [2.24, 2.45) is 0 Å². The Balaban J connectivity index is 2.56. The van der Waals surface area contributed by atoms with Crippen molar-refractivity contribution < 1.29 is 9.47 Å². The molecule has 96 valence electrons. The van der Waals surface area contributed by atoms with Crippen LogP contribution in [-0.4, -0.2) is 12.1 Å². The normalized spacial score (nSPS) is 16.1. The molecule has 0 aromatic carbocycles. The van der Waals surface area contributed by atoms with Gasteiger partial charge in [0.1, 0.15) is 10.8 Å². The maximum Gasteiger partial charge on any atom is 0.220 e. The summed E-state index contributed by atoms with van der Waals surface area (Å²) in [5.74, 6) is 0.535. The second kappa shape index (κ2) is 5.12. The van der Waals surface area contributed by atoms with Crippen molar-refractivity contribution in [3.63, 3.8) is 0 Å². The van der Waals surface area contributed by atoms with E-state index in [-0.39, 0.29) is 0 Å². The van der Waals surface area contributed by atoms with Gasteiger partial charge in [-0.1, -0.05) is 23.8 Å². The molecule has 2 rings (SSSR count). The van der Waals surface area contributed by atoms with Crippen molar-refractivity contribution in [2.75, 3.05) is 7.11 Å². The van der Waals surface area contributed by atoms with Crippen molar-refractivity contribution in [3.8, 4) is 5.88 Å². The predicted molar refractivity (Wildman–Crippen MR) is 71.9 cm³/mol. The molecule has 0 bridgehead atoms. The number of methoxy groups -OCH3 is 1. The smallest absolute Gasteiger partial charge is 0.220 e. The monoisotopic (exact) mass is 265 g/mol. The maximum absolute atomic E-state index is 6.04. The first kappa shape index (κ1) is 13.1. The number of hydrogen-bond acceptors (Lipinski definition) is 3. The molecular weight excluding hydrogens is 250 g/mol. The molecule has 0 spiro atoms. The van der Waals surface area contributed by atoms with Gasteiger partial charge in [0.2, 0.25) is 5.88 Å². The van der Waals surface area contributed by atoms with Crippen molar-refractivity contribution >= 4 is 11.6 Å². The summed E-state index contributed by atoms with van der Waals surface area (Å²) in [6.45, 7) is 8.07. The minimum atomic E-state index is -0.432. The average Bonchev–Trinajstić information content (AvgIpc) is 2.69. The van der Waals surface area contributed by atoms with Gasteiger partial charge < -0.3 is 9.47 Å². The Morgan fingerprint density at radius 2 is 2.17 bits per heavy atom. The van der Waals surface area contributed by atoms with Crippen LogP contribution in [0.3, 0.4) is 0 Å². The molecule has 2 heterocycles. The molecule has 1 aromatic rings. The number of ether oxygens (including phenoxy) is 2. The summed E-state index contributed by atoms with van der Waals surface area (Å²) in [5.41, 5.74) is 1.56. The fourth-order valence-electron chi connectivity index (χ4n) is 2.41. The standard InChI is InChI=1S/C14H16ClNO2/c1-4-6-14(7-5-2)11-8-12(15)16-13(17-3)10(11)9-18-14/h4-5,8H,1-2,6-7,9H2,3H3. The predicted octanol–water partition coefficient (Wildman–Crippen LogP) is 3.62. The number of halogens is 1. The largest absolute Gasteiger partial charge is 0.481 e. The molecule has 0 atom stereocenters. The van der Waals surface area contributed by atoms with E-state index in [4.69, 9.17) is 21.1 Å². The van der Waals surface area contributed by atoms with Crippen LogP contribution in [0, 0.1) is 0 Å². The van der Waals surface area contributed by atoms with Gasteiger partial charge in [-0.2, -0.15) is 0 Å². The average molecular weight is 266 g/mol. The third kappa shape index (κ3) is 2.04.